The summed E-state index contributed by atoms with van der Waals surface area (Å²) >= 11 is 1.18. The van der Waals surface area contributed by atoms with Crippen LogP contribution in [0.25, 0.3) is 11.3 Å². The minimum absolute atomic E-state index is 0.254. The van der Waals surface area contributed by atoms with Gasteiger partial charge in [0.05, 0.1) is 17.8 Å². The Morgan fingerprint density at radius 1 is 1.47 bits per heavy atom. The normalized spacial score (nSPS) is 10.5. The van der Waals surface area contributed by atoms with Crippen molar-refractivity contribution in [3.63, 3.8) is 0 Å². The highest BCUT2D eigenvalue weighted by Crippen LogP contribution is 2.35. The number of ether oxygens (including phenoxy) is 1. The van der Waals surface area contributed by atoms with Crippen molar-refractivity contribution < 1.29 is 14.6 Å². The van der Waals surface area contributed by atoms with Gasteiger partial charge in [-0.1, -0.05) is 13.0 Å². The predicted octanol–water partition coefficient (Wildman–Crippen LogP) is 3.39. The van der Waals surface area contributed by atoms with Gasteiger partial charge in [-0.3, -0.25) is 0 Å². The maximum atomic E-state index is 11.3. The Morgan fingerprint density at radius 2 is 2.21 bits per heavy atom. The summed E-state index contributed by atoms with van der Waals surface area (Å²) < 4.78 is 5.31. The Labute approximate surface area is 115 Å². The summed E-state index contributed by atoms with van der Waals surface area (Å²) in [6.45, 7) is 3.85. The lowest BCUT2D eigenvalue weighted by Gasteiger charge is -2.09. The van der Waals surface area contributed by atoms with E-state index in [2.05, 4.69) is 11.9 Å². The number of carbonyl (C=O) groups is 1. The van der Waals surface area contributed by atoms with Crippen LogP contribution in [0.5, 0.6) is 5.75 Å². The summed E-state index contributed by atoms with van der Waals surface area (Å²) in [5.74, 6) is -0.311. The van der Waals surface area contributed by atoms with E-state index in [9.17, 15) is 9.90 Å². The highest BCUT2D eigenvalue weighted by molar-refractivity contribution is 7.14. The summed E-state index contributed by atoms with van der Waals surface area (Å²) in [4.78, 5) is 15.9. The van der Waals surface area contributed by atoms with Crippen molar-refractivity contribution in [3.8, 4) is 17.0 Å². The Morgan fingerprint density at radius 3 is 2.79 bits per heavy atom. The summed E-state index contributed by atoms with van der Waals surface area (Å²) in [5.41, 5.74) is 2.35. The monoisotopic (exact) mass is 277 g/mol. The molecule has 19 heavy (non-hydrogen) atoms. The number of aryl methyl sites for hydroxylation is 2. The summed E-state index contributed by atoms with van der Waals surface area (Å²) in [7, 11) is 1.57. The molecule has 1 N–H and O–H groups in total. The second-order valence-electron chi connectivity index (χ2n) is 4.10. The van der Waals surface area contributed by atoms with Crippen LogP contribution in [0.4, 0.5) is 0 Å². The first kappa shape index (κ1) is 13.5. The summed E-state index contributed by atoms with van der Waals surface area (Å²) in [5, 5.41) is 9.99. The third-order valence-corrected chi connectivity index (χ3v) is 3.81. The molecule has 2 rings (SSSR count). The van der Waals surface area contributed by atoms with Crippen LogP contribution in [0, 0.1) is 6.92 Å². The number of nitrogens with zero attached hydrogens (tertiary/aromatic N) is 1. The lowest BCUT2D eigenvalue weighted by atomic mass is 10.0. The van der Waals surface area contributed by atoms with E-state index >= 15 is 0 Å². The molecule has 0 radical (unpaired) electrons. The van der Waals surface area contributed by atoms with E-state index in [0.717, 1.165) is 22.6 Å². The van der Waals surface area contributed by atoms with E-state index in [1.165, 1.54) is 11.3 Å². The average molecular weight is 277 g/mol. The topological polar surface area (TPSA) is 59.4 Å². The molecule has 0 fully saturated rings. The van der Waals surface area contributed by atoms with Gasteiger partial charge in [0.1, 0.15) is 10.6 Å². The number of benzene rings is 1. The lowest BCUT2D eigenvalue weighted by molar-refractivity contribution is 0.0702. The zero-order chi connectivity index (χ0) is 14.0. The van der Waals surface area contributed by atoms with Gasteiger partial charge in [0.15, 0.2) is 0 Å². The first-order valence-electron chi connectivity index (χ1n) is 5.94. The minimum atomic E-state index is -0.954. The van der Waals surface area contributed by atoms with Crippen molar-refractivity contribution in [2.75, 3.05) is 7.11 Å². The molecule has 0 aliphatic rings. The van der Waals surface area contributed by atoms with Crippen molar-refractivity contribution in [2.45, 2.75) is 20.3 Å². The van der Waals surface area contributed by atoms with Crippen LogP contribution in [0.1, 0.15) is 27.2 Å². The fourth-order valence-electron chi connectivity index (χ4n) is 1.91. The van der Waals surface area contributed by atoms with E-state index in [1.807, 2.05) is 18.2 Å². The number of rotatable bonds is 4. The predicted molar refractivity (Wildman–Crippen MR) is 75.2 cm³/mol. The number of aromatic nitrogens is 1. The lowest BCUT2D eigenvalue weighted by Crippen LogP contribution is -1.98. The Kier molecular flexibility index (Phi) is 3.85. The highest BCUT2D eigenvalue weighted by atomic mass is 32.1. The molecule has 1 heterocycles. The molecule has 2 aromatic rings. The van der Waals surface area contributed by atoms with Crippen molar-refractivity contribution in [1.82, 2.24) is 4.98 Å². The van der Waals surface area contributed by atoms with E-state index in [1.54, 1.807) is 14.0 Å². The van der Waals surface area contributed by atoms with E-state index in [4.69, 9.17) is 4.74 Å². The zero-order valence-corrected chi connectivity index (χ0v) is 11.9. The van der Waals surface area contributed by atoms with Crippen LogP contribution in [0.3, 0.4) is 0 Å². The van der Waals surface area contributed by atoms with Crippen LogP contribution in [0.2, 0.25) is 0 Å². The van der Waals surface area contributed by atoms with Gasteiger partial charge in [-0.15, -0.1) is 11.3 Å². The van der Waals surface area contributed by atoms with Gasteiger partial charge in [0.25, 0.3) is 0 Å². The fourth-order valence-corrected chi connectivity index (χ4v) is 2.69. The molecule has 1 aromatic heterocycles. The second-order valence-corrected chi connectivity index (χ2v) is 5.31. The first-order chi connectivity index (χ1) is 9.06. The molecule has 4 nitrogen and oxygen atoms in total. The molecule has 5 heteroatoms. The molecule has 0 bridgehead atoms. The van der Waals surface area contributed by atoms with Gasteiger partial charge in [-0.2, -0.15) is 0 Å². The minimum Gasteiger partial charge on any atom is -0.496 e. The van der Waals surface area contributed by atoms with Crippen LogP contribution in [-0.4, -0.2) is 23.2 Å². The Balaban J connectivity index is 2.66. The SMILES string of the molecule is CCc1ccc(OC)c(-c2nc(C)sc2C(=O)O)c1. The molecule has 0 amide bonds. The first-order valence-corrected chi connectivity index (χ1v) is 6.76. The van der Waals surface area contributed by atoms with Crippen LogP contribution >= 0.6 is 11.3 Å². The van der Waals surface area contributed by atoms with Crippen LogP contribution < -0.4 is 4.74 Å². The van der Waals surface area contributed by atoms with Crippen molar-refractivity contribution in [3.05, 3.63) is 33.6 Å². The standard InChI is InChI=1S/C14H15NO3S/c1-4-9-5-6-11(18-3)10(7-9)12-13(14(16)17)19-8(2)15-12/h5-7H,4H2,1-3H3,(H,16,17). The van der Waals surface area contributed by atoms with Gasteiger partial charge in [0.2, 0.25) is 0 Å². The Hall–Kier alpha value is -1.88. The van der Waals surface area contributed by atoms with Crippen molar-refractivity contribution in [1.29, 1.82) is 0 Å². The van der Waals surface area contributed by atoms with Gasteiger partial charge in [-0.25, -0.2) is 9.78 Å². The molecule has 1 aromatic carbocycles. The molecule has 0 unspecified atom stereocenters. The third kappa shape index (κ3) is 2.61. The number of aromatic carboxylic acids is 1. The third-order valence-electron chi connectivity index (χ3n) is 2.86. The number of hydrogen-bond donors (Lipinski definition) is 1. The molecule has 0 aliphatic carbocycles. The van der Waals surface area contributed by atoms with E-state index in [0.29, 0.717) is 11.4 Å². The molecular weight excluding hydrogens is 262 g/mol. The second kappa shape index (κ2) is 5.40. The zero-order valence-electron chi connectivity index (χ0n) is 11.1. The Bertz CT molecular complexity index is 619. The number of methoxy groups -OCH3 is 1. The number of thiazole rings is 1. The van der Waals surface area contributed by atoms with Crippen LogP contribution in [-0.2, 0) is 6.42 Å². The molecule has 0 atom stereocenters. The fraction of sp³-hybridized carbons (Fsp3) is 0.286. The van der Waals surface area contributed by atoms with Gasteiger partial charge < -0.3 is 9.84 Å². The maximum absolute atomic E-state index is 11.3. The highest BCUT2D eigenvalue weighted by Gasteiger charge is 2.20. The molecule has 0 saturated heterocycles. The number of carboxylic acids is 1. The molecule has 0 aliphatic heterocycles. The van der Waals surface area contributed by atoms with Gasteiger partial charge in [0, 0.05) is 5.56 Å². The van der Waals surface area contributed by atoms with Crippen LogP contribution in [0.15, 0.2) is 18.2 Å². The molecular formula is C14H15NO3S. The number of carboxylic acid groups (broad SMARTS) is 1. The van der Waals surface area contributed by atoms with Gasteiger partial charge >= 0.3 is 5.97 Å². The summed E-state index contributed by atoms with van der Waals surface area (Å²) in [6.07, 6.45) is 0.877. The van der Waals surface area contributed by atoms with E-state index < -0.39 is 5.97 Å². The summed E-state index contributed by atoms with van der Waals surface area (Å²) in [6, 6.07) is 5.77. The molecule has 0 saturated carbocycles. The van der Waals surface area contributed by atoms with E-state index in [-0.39, 0.29) is 4.88 Å². The van der Waals surface area contributed by atoms with Crippen molar-refractivity contribution >= 4 is 17.3 Å². The maximum Gasteiger partial charge on any atom is 0.348 e. The molecule has 100 valence electrons. The van der Waals surface area contributed by atoms with Crippen molar-refractivity contribution in [2.24, 2.45) is 0 Å². The largest absolute Gasteiger partial charge is 0.496 e. The smallest absolute Gasteiger partial charge is 0.348 e. The van der Waals surface area contributed by atoms with Gasteiger partial charge in [-0.05, 0) is 31.0 Å². The molecule has 0 spiro atoms. The number of hydrogen-bond acceptors (Lipinski definition) is 4. The average Bonchev–Trinajstić information content (AvgIpc) is 2.80. The quantitative estimate of drug-likeness (QED) is 0.930.